The molecule has 0 bridgehead atoms. The van der Waals surface area contributed by atoms with Gasteiger partial charge in [-0.15, -0.1) is 12.4 Å². The van der Waals surface area contributed by atoms with Gasteiger partial charge in [0.15, 0.2) is 0 Å². The summed E-state index contributed by atoms with van der Waals surface area (Å²) in [5.41, 5.74) is 2.07. The maximum atomic E-state index is 12.4. The zero-order valence-electron chi connectivity index (χ0n) is 13.8. The largest absolute Gasteiger partial charge is 0.349 e. The summed E-state index contributed by atoms with van der Waals surface area (Å²) in [6, 6.07) is 10.4. The van der Waals surface area contributed by atoms with Gasteiger partial charge in [-0.3, -0.25) is 10.1 Å². The Labute approximate surface area is 156 Å². The number of hydrogen-bond donors (Lipinski definition) is 2. The van der Waals surface area contributed by atoms with Crippen LogP contribution in [0.5, 0.6) is 0 Å². The van der Waals surface area contributed by atoms with Gasteiger partial charge in [0.25, 0.3) is 0 Å². The van der Waals surface area contributed by atoms with Crippen molar-refractivity contribution >= 4 is 34.6 Å². The third-order valence-electron chi connectivity index (χ3n) is 4.30. The molecule has 3 aromatic rings. The van der Waals surface area contributed by atoms with Crippen molar-refractivity contribution in [2.75, 3.05) is 0 Å². The number of rotatable bonds is 4. The van der Waals surface area contributed by atoms with Crippen LogP contribution in [0.25, 0.3) is 4.96 Å². The van der Waals surface area contributed by atoms with Crippen LogP contribution < -0.4 is 10.6 Å². The molecule has 1 aliphatic rings. The fraction of sp³-hybridized carbons (Fsp3) is 0.353. The standard InChI is InChI=1S/C17H19N5OS.ClH/c1-11-21-22-10-13(19-17(22)24-11)9-18-16(23)15-8-7-14(20-15)12-5-3-2-4-6-12;/h2-6,10,14-15,20H,7-9H2,1H3,(H,18,23);1H/t14-,15-;/m1./s1. The highest BCUT2D eigenvalue weighted by Gasteiger charge is 2.29. The van der Waals surface area contributed by atoms with Gasteiger partial charge in [-0.2, -0.15) is 5.10 Å². The molecule has 2 aromatic heterocycles. The van der Waals surface area contributed by atoms with Crippen LogP contribution in [0.1, 0.15) is 35.1 Å². The normalized spacial score (nSPS) is 19.7. The number of nitrogens with zero attached hydrogens (tertiary/aromatic N) is 3. The molecule has 6 nitrogen and oxygen atoms in total. The van der Waals surface area contributed by atoms with E-state index in [1.165, 1.54) is 5.56 Å². The van der Waals surface area contributed by atoms with Crippen molar-refractivity contribution in [2.45, 2.75) is 38.4 Å². The van der Waals surface area contributed by atoms with Gasteiger partial charge in [-0.05, 0) is 25.3 Å². The first kappa shape index (κ1) is 17.8. The Balaban J connectivity index is 0.00000182. The molecule has 1 saturated heterocycles. The molecule has 1 aliphatic heterocycles. The lowest BCUT2D eigenvalue weighted by atomic mass is 10.1. The van der Waals surface area contributed by atoms with Crippen LogP contribution in [-0.4, -0.2) is 26.5 Å². The highest BCUT2D eigenvalue weighted by Crippen LogP contribution is 2.26. The second-order valence-electron chi connectivity index (χ2n) is 6.06. The van der Waals surface area contributed by atoms with Gasteiger partial charge >= 0.3 is 0 Å². The molecule has 1 aromatic carbocycles. The van der Waals surface area contributed by atoms with Gasteiger partial charge in [0.2, 0.25) is 10.9 Å². The molecular formula is C17H20ClN5OS. The SMILES string of the molecule is Cc1nn2cc(CNC(=O)[C@H]3CC[C@H](c4ccccc4)N3)nc2s1.Cl. The number of carbonyl (C=O) groups excluding carboxylic acids is 1. The molecular weight excluding hydrogens is 358 g/mol. The van der Waals surface area contributed by atoms with Crippen LogP contribution in [0.3, 0.4) is 0 Å². The Bertz CT molecular complexity index is 831. The molecule has 3 heterocycles. The summed E-state index contributed by atoms with van der Waals surface area (Å²) in [7, 11) is 0. The lowest BCUT2D eigenvalue weighted by molar-refractivity contribution is -0.123. The van der Waals surface area contributed by atoms with Crippen molar-refractivity contribution in [1.29, 1.82) is 0 Å². The number of carbonyl (C=O) groups is 1. The van der Waals surface area contributed by atoms with Gasteiger partial charge in [0.05, 0.1) is 24.5 Å². The van der Waals surface area contributed by atoms with Crippen LogP contribution in [0, 0.1) is 6.92 Å². The summed E-state index contributed by atoms with van der Waals surface area (Å²) in [6.07, 6.45) is 3.70. The Morgan fingerprint density at radius 3 is 2.92 bits per heavy atom. The van der Waals surface area contributed by atoms with Crippen LogP contribution in [0.4, 0.5) is 0 Å². The van der Waals surface area contributed by atoms with Crippen LogP contribution >= 0.6 is 23.7 Å². The Morgan fingerprint density at radius 1 is 1.36 bits per heavy atom. The minimum atomic E-state index is -0.140. The molecule has 0 unspecified atom stereocenters. The first-order valence-corrected chi connectivity index (χ1v) is 8.91. The highest BCUT2D eigenvalue weighted by atomic mass is 35.5. The van der Waals surface area contributed by atoms with Crippen molar-refractivity contribution in [3.8, 4) is 0 Å². The monoisotopic (exact) mass is 377 g/mol. The van der Waals surface area contributed by atoms with E-state index in [0.717, 1.165) is 28.5 Å². The number of aryl methyl sites for hydroxylation is 1. The molecule has 8 heteroatoms. The maximum Gasteiger partial charge on any atom is 0.237 e. The fourth-order valence-electron chi connectivity index (χ4n) is 3.13. The van der Waals surface area contributed by atoms with Crippen molar-refractivity contribution < 1.29 is 4.79 Å². The average molecular weight is 378 g/mol. The molecule has 2 atom stereocenters. The maximum absolute atomic E-state index is 12.4. The van der Waals surface area contributed by atoms with Gasteiger partial charge in [0.1, 0.15) is 5.01 Å². The van der Waals surface area contributed by atoms with Crippen molar-refractivity contribution in [3.05, 3.63) is 52.8 Å². The van der Waals surface area contributed by atoms with Gasteiger partial charge < -0.3 is 5.32 Å². The van der Waals surface area contributed by atoms with Crippen LogP contribution in [-0.2, 0) is 11.3 Å². The van der Waals surface area contributed by atoms with E-state index in [2.05, 4.69) is 32.8 Å². The Kier molecular flexibility index (Phi) is 5.36. The van der Waals surface area contributed by atoms with E-state index in [9.17, 15) is 4.79 Å². The molecule has 1 amide bonds. The summed E-state index contributed by atoms with van der Waals surface area (Å²) >= 11 is 1.55. The molecule has 0 spiro atoms. The third kappa shape index (κ3) is 3.84. The summed E-state index contributed by atoms with van der Waals surface area (Å²) in [5.74, 6) is 0.0360. The van der Waals surface area contributed by atoms with Gasteiger partial charge in [-0.1, -0.05) is 41.7 Å². The minimum Gasteiger partial charge on any atom is -0.349 e. The number of hydrogen-bond acceptors (Lipinski definition) is 5. The average Bonchev–Trinajstić information content (AvgIpc) is 3.27. The number of amides is 1. The fourth-order valence-corrected chi connectivity index (χ4v) is 3.87. The first-order valence-electron chi connectivity index (χ1n) is 8.09. The van der Waals surface area contributed by atoms with E-state index in [4.69, 9.17) is 0 Å². The molecule has 0 radical (unpaired) electrons. The number of halogens is 1. The summed E-state index contributed by atoms with van der Waals surface area (Å²) in [5, 5.41) is 11.7. The number of imidazole rings is 1. The Hall–Kier alpha value is -1.96. The highest BCUT2D eigenvalue weighted by molar-refractivity contribution is 7.16. The first-order chi connectivity index (χ1) is 11.7. The molecule has 25 heavy (non-hydrogen) atoms. The predicted octanol–water partition coefficient (Wildman–Crippen LogP) is 2.63. The minimum absolute atomic E-state index is 0. The van der Waals surface area contributed by atoms with E-state index < -0.39 is 0 Å². The molecule has 1 fully saturated rings. The molecule has 4 rings (SSSR count). The van der Waals surface area contributed by atoms with Crippen molar-refractivity contribution in [2.24, 2.45) is 0 Å². The lowest BCUT2D eigenvalue weighted by Crippen LogP contribution is -2.40. The molecule has 0 aliphatic carbocycles. The topological polar surface area (TPSA) is 71.3 Å². The molecule has 2 N–H and O–H groups in total. The van der Waals surface area contributed by atoms with Crippen molar-refractivity contribution in [3.63, 3.8) is 0 Å². The summed E-state index contributed by atoms with van der Waals surface area (Å²) < 4.78 is 1.76. The van der Waals surface area contributed by atoms with E-state index in [0.29, 0.717) is 6.54 Å². The second-order valence-corrected chi connectivity index (χ2v) is 7.22. The number of aromatic nitrogens is 3. The number of fused-ring (bicyclic) bond motifs is 1. The van der Waals surface area contributed by atoms with E-state index in [1.807, 2.05) is 31.3 Å². The van der Waals surface area contributed by atoms with Crippen LogP contribution in [0.15, 0.2) is 36.5 Å². The second kappa shape index (κ2) is 7.51. The Morgan fingerprint density at radius 2 is 2.16 bits per heavy atom. The smallest absolute Gasteiger partial charge is 0.237 e. The van der Waals surface area contributed by atoms with Crippen molar-refractivity contribution in [1.82, 2.24) is 25.2 Å². The van der Waals surface area contributed by atoms with E-state index in [-0.39, 0.29) is 30.4 Å². The number of benzene rings is 1. The quantitative estimate of drug-likeness (QED) is 0.733. The van der Waals surface area contributed by atoms with Crippen LogP contribution in [0.2, 0.25) is 0 Å². The van der Waals surface area contributed by atoms with Gasteiger partial charge in [-0.25, -0.2) is 9.50 Å². The zero-order chi connectivity index (χ0) is 16.5. The lowest BCUT2D eigenvalue weighted by Gasteiger charge is -2.14. The zero-order valence-corrected chi connectivity index (χ0v) is 15.4. The number of nitrogens with one attached hydrogen (secondary N) is 2. The summed E-state index contributed by atoms with van der Waals surface area (Å²) in [4.78, 5) is 17.7. The van der Waals surface area contributed by atoms with Gasteiger partial charge in [0, 0.05) is 6.04 Å². The molecule has 0 saturated carbocycles. The third-order valence-corrected chi connectivity index (χ3v) is 5.14. The van der Waals surface area contributed by atoms with E-state index >= 15 is 0 Å². The van der Waals surface area contributed by atoms with E-state index in [1.54, 1.807) is 15.9 Å². The molecule has 132 valence electrons. The summed E-state index contributed by atoms with van der Waals surface area (Å²) in [6.45, 7) is 2.39. The predicted molar refractivity (Wildman–Crippen MR) is 100 cm³/mol.